The van der Waals surface area contributed by atoms with Gasteiger partial charge in [-0.25, -0.2) is 18.7 Å². The number of aromatic nitrogens is 5. The van der Waals surface area contributed by atoms with Crippen molar-refractivity contribution in [3.63, 3.8) is 0 Å². The number of anilines is 2. The fourth-order valence-electron chi connectivity index (χ4n) is 2.91. The van der Waals surface area contributed by atoms with Crippen LogP contribution in [-0.2, 0) is 6.54 Å². The summed E-state index contributed by atoms with van der Waals surface area (Å²) in [5, 5.41) is 7.47. The molecule has 0 aliphatic carbocycles. The van der Waals surface area contributed by atoms with Gasteiger partial charge in [0.25, 0.3) is 0 Å². The molecule has 0 fully saturated rings. The lowest BCUT2D eigenvalue weighted by Crippen LogP contribution is -2.01. The number of aryl methyl sites for hydroxylation is 3. The van der Waals surface area contributed by atoms with Crippen LogP contribution in [0.1, 0.15) is 18.2 Å². The van der Waals surface area contributed by atoms with Gasteiger partial charge in [0.05, 0.1) is 18.1 Å². The molecule has 0 unspecified atom stereocenters. The van der Waals surface area contributed by atoms with Gasteiger partial charge in [-0.1, -0.05) is 0 Å². The predicted octanol–water partition coefficient (Wildman–Crippen LogP) is 4.55. The summed E-state index contributed by atoms with van der Waals surface area (Å²) in [6.45, 7) is 6.20. The third-order valence-corrected chi connectivity index (χ3v) is 4.45. The first-order chi connectivity index (χ1) is 13.5. The largest absolute Gasteiger partial charge is 0.351 e. The highest BCUT2D eigenvalue weighted by Crippen LogP contribution is 2.30. The van der Waals surface area contributed by atoms with E-state index in [1.807, 2.05) is 13.8 Å². The Hall–Kier alpha value is -3.42. The summed E-state index contributed by atoms with van der Waals surface area (Å²) in [7, 11) is 0. The zero-order chi connectivity index (χ0) is 19.8. The van der Waals surface area contributed by atoms with Crippen molar-refractivity contribution in [1.82, 2.24) is 24.7 Å². The van der Waals surface area contributed by atoms with Gasteiger partial charge in [0.1, 0.15) is 22.4 Å². The molecule has 8 heteroatoms. The van der Waals surface area contributed by atoms with Gasteiger partial charge in [0.15, 0.2) is 11.6 Å². The molecule has 0 saturated carbocycles. The molecule has 4 heterocycles. The minimum Gasteiger partial charge on any atom is -0.351 e. The Labute approximate surface area is 160 Å². The second-order valence-corrected chi connectivity index (χ2v) is 6.49. The number of halogens is 2. The van der Waals surface area contributed by atoms with E-state index >= 15 is 0 Å². The van der Waals surface area contributed by atoms with Crippen molar-refractivity contribution in [3.8, 4) is 11.4 Å². The Balaban J connectivity index is 1.81. The lowest BCUT2D eigenvalue weighted by atomic mass is 10.1. The molecular weight excluding hydrogens is 362 g/mol. The number of nitrogens with zero attached hydrogens (tertiary/aromatic N) is 5. The van der Waals surface area contributed by atoms with Crippen molar-refractivity contribution < 1.29 is 8.78 Å². The summed E-state index contributed by atoms with van der Waals surface area (Å²) in [6.07, 6.45) is 4.52. The average molecular weight is 380 g/mol. The summed E-state index contributed by atoms with van der Waals surface area (Å²) in [4.78, 5) is 12.6. The third-order valence-electron chi connectivity index (χ3n) is 4.45. The number of nitrogens with one attached hydrogen (secondary N) is 1. The molecule has 4 aromatic heterocycles. The molecular formula is C20H18F2N6. The van der Waals surface area contributed by atoms with Gasteiger partial charge in [0, 0.05) is 24.1 Å². The molecule has 0 spiro atoms. The maximum absolute atomic E-state index is 14.5. The van der Waals surface area contributed by atoms with Crippen LogP contribution in [0.3, 0.4) is 0 Å². The number of hydrogen-bond acceptors (Lipinski definition) is 5. The van der Waals surface area contributed by atoms with Crippen LogP contribution in [0.4, 0.5) is 20.2 Å². The summed E-state index contributed by atoms with van der Waals surface area (Å²) in [5.74, 6) is -0.987. The van der Waals surface area contributed by atoms with Crippen LogP contribution < -0.4 is 5.32 Å². The smallest absolute Gasteiger partial charge is 0.167 e. The first kappa shape index (κ1) is 18.0. The van der Waals surface area contributed by atoms with E-state index in [0.29, 0.717) is 34.7 Å². The van der Waals surface area contributed by atoms with Crippen LogP contribution in [0.2, 0.25) is 0 Å². The van der Waals surface area contributed by atoms with Crippen molar-refractivity contribution in [1.29, 1.82) is 0 Å². The summed E-state index contributed by atoms with van der Waals surface area (Å²) in [5.41, 5.74) is 3.79. The van der Waals surface area contributed by atoms with Crippen LogP contribution in [0.15, 0.2) is 36.8 Å². The van der Waals surface area contributed by atoms with Crippen LogP contribution >= 0.6 is 0 Å². The standard InChI is InChI=1S/C20H18F2N6/c1-4-28-10-17-20(27-28)19(14(22)9-24-17)26-15-7-16(23-8-11(15)2)18-13(21)6-5-12(3)25-18/h5-10H,4H2,1-3H3,(H,23,26). The van der Waals surface area contributed by atoms with Crippen molar-refractivity contribution in [3.05, 3.63) is 59.7 Å². The lowest BCUT2D eigenvalue weighted by molar-refractivity contribution is 0.623. The number of fused-ring (bicyclic) bond motifs is 1. The summed E-state index contributed by atoms with van der Waals surface area (Å²) >= 11 is 0. The van der Waals surface area contributed by atoms with Crippen molar-refractivity contribution in [2.24, 2.45) is 0 Å². The molecule has 4 rings (SSSR count). The molecule has 0 aliphatic heterocycles. The van der Waals surface area contributed by atoms with Crippen LogP contribution in [0.5, 0.6) is 0 Å². The van der Waals surface area contributed by atoms with Gasteiger partial charge in [0.2, 0.25) is 0 Å². The molecule has 0 aliphatic rings. The number of rotatable bonds is 4. The minimum atomic E-state index is -0.522. The molecule has 6 nitrogen and oxygen atoms in total. The van der Waals surface area contributed by atoms with E-state index in [4.69, 9.17) is 0 Å². The fourth-order valence-corrected chi connectivity index (χ4v) is 2.91. The van der Waals surface area contributed by atoms with E-state index in [9.17, 15) is 8.78 Å². The fraction of sp³-hybridized carbons (Fsp3) is 0.200. The highest BCUT2D eigenvalue weighted by molar-refractivity contribution is 5.90. The molecule has 0 bridgehead atoms. The van der Waals surface area contributed by atoms with E-state index in [2.05, 4.69) is 25.4 Å². The van der Waals surface area contributed by atoms with Crippen molar-refractivity contribution in [2.45, 2.75) is 27.3 Å². The van der Waals surface area contributed by atoms with Gasteiger partial charge in [-0.2, -0.15) is 5.10 Å². The second-order valence-electron chi connectivity index (χ2n) is 6.49. The van der Waals surface area contributed by atoms with E-state index in [-0.39, 0.29) is 11.4 Å². The highest BCUT2D eigenvalue weighted by Gasteiger charge is 2.16. The Morgan fingerprint density at radius 2 is 1.89 bits per heavy atom. The van der Waals surface area contributed by atoms with E-state index in [0.717, 1.165) is 11.8 Å². The van der Waals surface area contributed by atoms with E-state index in [1.165, 1.54) is 6.07 Å². The van der Waals surface area contributed by atoms with Crippen LogP contribution in [0, 0.1) is 25.5 Å². The molecule has 0 saturated heterocycles. The molecule has 1 N–H and O–H groups in total. The van der Waals surface area contributed by atoms with Gasteiger partial charge < -0.3 is 5.32 Å². The quantitative estimate of drug-likeness (QED) is 0.563. The molecule has 4 aromatic rings. The molecule has 0 atom stereocenters. The maximum Gasteiger partial charge on any atom is 0.167 e. The molecule has 0 radical (unpaired) electrons. The number of pyridine rings is 3. The maximum atomic E-state index is 14.5. The van der Waals surface area contributed by atoms with Crippen LogP contribution in [0.25, 0.3) is 22.4 Å². The lowest BCUT2D eigenvalue weighted by Gasteiger charge is -2.12. The van der Waals surface area contributed by atoms with Gasteiger partial charge in [-0.05, 0) is 44.5 Å². The van der Waals surface area contributed by atoms with Crippen molar-refractivity contribution >= 4 is 22.4 Å². The summed E-state index contributed by atoms with van der Waals surface area (Å²) < 4.78 is 30.4. The molecule has 0 amide bonds. The third kappa shape index (κ3) is 3.17. The SMILES string of the molecule is CCn1cc2ncc(F)c(Nc3cc(-c4nc(C)ccc4F)ncc3C)c2n1. The van der Waals surface area contributed by atoms with Gasteiger partial charge in [-0.3, -0.25) is 9.67 Å². The van der Waals surface area contributed by atoms with E-state index in [1.54, 1.807) is 36.1 Å². The average Bonchev–Trinajstić information content (AvgIpc) is 3.11. The van der Waals surface area contributed by atoms with Gasteiger partial charge in [-0.15, -0.1) is 0 Å². The Morgan fingerprint density at radius 1 is 1.07 bits per heavy atom. The predicted molar refractivity (Wildman–Crippen MR) is 103 cm³/mol. The Morgan fingerprint density at radius 3 is 2.68 bits per heavy atom. The molecule has 0 aromatic carbocycles. The first-order valence-corrected chi connectivity index (χ1v) is 8.85. The second kappa shape index (κ2) is 6.95. The minimum absolute atomic E-state index is 0.152. The summed E-state index contributed by atoms with van der Waals surface area (Å²) in [6, 6.07) is 4.61. The monoisotopic (exact) mass is 380 g/mol. The van der Waals surface area contributed by atoms with Gasteiger partial charge >= 0.3 is 0 Å². The zero-order valence-electron chi connectivity index (χ0n) is 15.7. The van der Waals surface area contributed by atoms with Crippen LogP contribution in [-0.4, -0.2) is 24.7 Å². The normalized spacial score (nSPS) is 11.2. The first-order valence-electron chi connectivity index (χ1n) is 8.85. The number of hydrogen-bond donors (Lipinski definition) is 1. The van der Waals surface area contributed by atoms with Crippen molar-refractivity contribution in [2.75, 3.05) is 5.32 Å². The van der Waals surface area contributed by atoms with E-state index < -0.39 is 11.6 Å². The Kier molecular flexibility index (Phi) is 4.46. The molecule has 28 heavy (non-hydrogen) atoms. The highest BCUT2D eigenvalue weighted by atomic mass is 19.1. The Bertz CT molecular complexity index is 1180. The molecule has 142 valence electrons. The topological polar surface area (TPSA) is 68.5 Å². The zero-order valence-corrected chi connectivity index (χ0v) is 15.7.